The maximum absolute atomic E-state index is 5.49. The van der Waals surface area contributed by atoms with Gasteiger partial charge in [0.25, 0.3) is 0 Å². The van der Waals surface area contributed by atoms with Crippen LogP contribution in [-0.4, -0.2) is 48.1 Å². The molecule has 2 aromatic carbocycles. The number of nitrogens with zero attached hydrogens (tertiary/aromatic N) is 5. The van der Waals surface area contributed by atoms with Crippen LogP contribution in [0.2, 0.25) is 0 Å². The smallest absolute Gasteiger partial charge is 0.229 e. The van der Waals surface area contributed by atoms with Gasteiger partial charge in [-0.2, -0.15) is 10.1 Å². The second-order valence-electron chi connectivity index (χ2n) is 8.29. The molecule has 9 heteroatoms. The van der Waals surface area contributed by atoms with Crippen LogP contribution in [0.25, 0.3) is 10.9 Å². The first-order valence-electron chi connectivity index (χ1n) is 11.1. The molecule has 1 aliphatic rings. The van der Waals surface area contributed by atoms with Gasteiger partial charge in [0.05, 0.1) is 32.5 Å². The highest BCUT2D eigenvalue weighted by molar-refractivity contribution is 5.83. The molecule has 0 aliphatic heterocycles. The molecule has 0 spiro atoms. The van der Waals surface area contributed by atoms with Crippen LogP contribution in [0.5, 0.6) is 17.2 Å². The maximum atomic E-state index is 5.49. The summed E-state index contributed by atoms with van der Waals surface area (Å²) in [6.45, 7) is 0. The van der Waals surface area contributed by atoms with Gasteiger partial charge in [0.15, 0.2) is 11.5 Å². The fourth-order valence-electron chi connectivity index (χ4n) is 4.49. The van der Waals surface area contributed by atoms with E-state index in [1.165, 1.54) is 5.56 Å². The number of ether oxygens (including phenoxy) is 3. The van der Waals surface area contributed by atoms with Gasteiger partial charge in [-0.05, 0) is 37.5 Å². The van der Waals surface area contributed by atoms with E-state index >= 15 is 0 Å². The zero-order chi connectivity index (χ0) is 23.8. The lowest BCUT2D eigenvalue weighted by atomic mass is 10.2. The Labute approximate surface area is 198 Å². The number of hydrogen-bond acceptors (Lipinski definition) is 8. The van der Waals surface area contributed by atoms with Gasteiger partial charge in [-0.15, -0.1) is 0 Å². The number of anilines is 4. The first-order valence-corrected chi connectivity index (χ1v) is 11.1. The molecule has 0 unspecified atom stereocenters. The summed E-state index contributed by atoms with van der Waals surface area (Å²) in [5.74, 6) is 3.08. The van der Waals surface area contributed by atoms with Crippen LogP contribution < -0.4 is 24.4 Å². The molecular weight excluding hydrogens is 432 g/mol. The fraction of sp³-hybridized carbons (Fsp3) is 0.320. The Morgan fingerprint density at radius 1 is 0.971 bits per heavy atom. The summed E-state index contributed by atoms with van der Waals surface area (Å²) in [5.41, 5.74) is 4.99. The Balaban J connectivity index is 1.53. The summed E-state index contributed by atoms with van der Waals surface area (Å²) in [5, 5.41) is 9.00. The molecule has 0 amide bonds. The lowest BCUT2D eigenvalue weighted by Gasteiger charge is -2.22. The number of benzene rings is 2. The van der Waals surface area contributed by atoms with E-state index in [0.29, 0.717) is 23.2 Å². The normalized spacial score (nSPS) is 12.5. The highest BCUT2D eigenvalue weighted by Crippen LogP contribution is 2.41. The number of methoxy groups -OCH3 is 3. The van der Waals surface area contributed by atoms with Crippen molar-refractivity contribution in [3.05, 3.63) is 47.8 Å². The number of aromatic nitrogens is 4. The molecule has 34 heavy (non-hydrogen) atoms. The molecule has 5 rings (SSSR count). The van der Waals surface area contributed by atoms with Crippen LogP contribution in [0, 0.1) is 0 Å². The average molecular weight is 461 g/mol. The van der Waals surface area contributed by atoms with Crippen molar-refractivity contribution in [1.29, 1.82) is 0 Å². The lowest BCUT2D eigenvalue weighted by Crippen LogP contribution is -2.15. The van der Waals surface area contributed by atoms with E-state index in [2.05, 4.69) is 33.5 Å². The molecule has 0 saturated heterocycles. The van der Waals surface area contributed by atoms with E-state index in [-0.39, 0.29) is 0 Å². The second-order valence-corrected chi connectivity index (χ2v) is 8.29. The Hall–Kier alpha value is -4.01. The quantitative estimate of drug-likeness (QED) is 0.435. The summed E-state index contributed by atoms with van der Waals surface area (Å²) < 4.78 is 18.2. The van der Waals surface area contributed by atoms with Crippen LogP contribution in [0.15, 0.2) is 36.5 Å². The third-order valence-corrected chi connectivity index (χ3v) is 6.14. The van der Waals surface area contributed by atoms with Gasteiger partial charge < -0.3 is 24.4 Å². The van der Waals surface area contributed by atoms with Gasteiger partial charge in [0, 0.05) is 54.7 Å². The molecule has 0 bridgehead atoms. The molecule has 4 aromatic rings. The van der Waals surface area contributed by atoms with Crippen molar-refractivity contribution in [2.75, 3.05) is 38.6 Å². The minimum absolute atomic E-state index is 0.524. The van der Waals surface area contributed by atoms with E-state index in [0.717, 1.165) is 53.1 Å². The number of hydrogen-bond donors (Lipinski definition) is 1. The van der Waals surface area contributed by atoms with Crippen molar-refractivity contribution in [2.45, 2.75) is 19.3 Å². The molecule has 1 N–H and O–H groups in total. The van der Waals surface area contributed by atoms with Crippen LogP contribution in [-0.2, 0) is 19.9 Å². The number of aryl methyl sites for hydroxylation is 2. The van der Waals surface area contributed by atoms with Crippen molar-refractivity contribution in [3.63, 3.8) is 0 Å². The highest BCUT2D eigenvalue weighted by Gasteiger charge is 2.23. The zero-order valence-corrected chi connectivity index (χ0v) is 20.0. The van der Waals surface area contributed by atoms with E-state index in [4.69, 9.17) is 24.2 Å². The molecular formula is C25H28N6O3. The third-order valence-electron chi connectivity index (χ3n) is 6.14. The zero-order valence-electron chi connectivity index (χ0n) is 20.0. The summed E-state index contributed by atoms with van der Waals surface area (Å²) in [4.78, 5) is 11.8. The van der Waals surface area contributed by atoms with Gasteiger partial charge in [0.2, 0.25) is 11.7 Å². The van der Waals surface area contributed by atoms with Gasteiger partial charge in [-0.25, -0.2) is 4.98 Å². The highest BCUT2D eigenvalue weighted by atomic mass is 16.5. The van der Waals surface area contributed by atoms with Crippen LogP contribution in [0.3, 0.4) is 0 Å². The molecule has 0 saturated carbocycles. The van der Waals surface area contributed by atoms with Crippen molar-refractivity contribution >= 4 is 34.0 Å². The van der Waals surface area contributed by atoms with E-state index in [1.54, 1.807) is 21.3 Å². The lowest BCUT2D eigenvalue weighted by molar-refractivity contribution is 0.324. The molecule has 2 heterocycles. The minimum Gasteiger partial charge on any atom is -0.493 e. The molecule has 1 aliphatic carbocycles. The summed E-state index contributed by atoms with van der Waals surface area (Å²) in [7, 11) is 8.74. The molecule has 0 fully saturated rings. The Bertz CT molecular complexity index is 1340. The van der Waals surface area contributed by atoms with Gasteiger partial charge in [-0.1, -0.05) is 0 Å². The summed E-state index contributed by atoms with van der Waals surface area (Å²) in [6.07, 6.45) is 4.98. The molecule has 0 radical (unpaired) electrons. The van der Waals surface area contributed by atoms with Crippen LogP contribution in [0.4, 0.5) is 23.1 Å². The average Bonchev–Trinajstić information content (AvgIpc) is 3.47. The summed E-state index contributed by atoms with van der Waals surface area (Å²) in [6, 6.07) is 9.96. The standard InChI is InChI=1S/C25H28N6O3/c1-30-14-15-9-10-17(13-20(15)29-30)31(2)24-18-7-6-8-19(18)27-25(28-24)26-16-11-21(32-3)23(34-5)22(12-16)33-4/h9-14H,6-8H2,1-5H3,(H,26,27,28). The first-order chi connectivity index (χ1) is 16.5. The SMILES string of the molecule is COc1cc(Nc2nc3c(c(N(C)c4ccc5cn(C)nc5c4)n2)CCC3)cc(OC)c1OC. The van der Waals surface area contributed by atoms with Gasteiger partial charge >= 0.3 is 0 Å². The van der Waals surface area contributed by atoms with Crippen LogP contribution >= 0.6 is 0 Å². The second kappa shape index (κ2) is 8.74. The van der Waals surface area contributed by atoms with Gasteiger partial charge in [-0.3, -0.25) is 4.68 Å². The Morgan fingerprint density at radius 2 is 1.74 bits per heavy atom. The predicted molar refractivity (Wildman–Crippen MR) is 132 cm³/mol. The van der Waals surface area contributed by atoms with Gasteiger partial charge in [0.1, 0.15) is 5.82 Å². The molecule has 0 atom stereocenters. The monoisotopic (exact) mass is 460 g/mol. The van der Waals surface area contributed by atoms with Crippen molar-refractivity contribution < 1.29 is 14.2 Å². The number of rotatable bonds is 7. The van der Waals surface area contributed by atoms with E-state index < -0.39 is 0 Å². The van der Waals surface area contributed by atoms with E-state index in [1.807, 2.05) is 37.1 Å². The number of nitrogens with one attached hydrogen (secondary N) is 1. The van der Waals surface area contributed by atoms with E-state index in [9.17, 15) is 0 Å². The first kappa shape index (κ1) is 21.8. The topological polar surface area (TPSA) is 86.6 Å². The Kier molecular flexibility index (Phi) is 5.61. The third kappa shape index (κ3) is 3.83. The van der Waals surface area contributed by atoms with Crippen LogP contribution in [0.1, 0.15) is 17.7 Å². The summed E-state index contributed by atoms with van der Waals surface area (Å²) >= 11 is 0. The predicted octanol–water partition coefficient (Wildman–Crippen LogP) is 4.39. The maximum Gasteiger partial charge on any atom is 0.229 e. The Morgan fingerprint density at radius 3 is 2.44 bits per heavy atom. The molecule has 9 nitrogen and oxygen atoms in total. The van der Waals surface area contributed by atoms with Crippen molar-refractivity contribution in [2.24, 2.45) is 7.05 Å². The largest absolute Gasteiger partial charge is 0.493 e. The van der Waals surface area contributed by atoms with Crippen molar-refractivity contribution in [3.8, 4) is 17.2 Å². The van der Waals surface area contributed by atoms with Crippen molar-refractivity contribution in [1.82, 2.24) is 19.7 Å². The molecule has 2 aromatic heterocycles. The molecule has 176 valence electrons. The fourth-order valence-corrected chi connectivity index (χ4v) is 4.49. The number of fused-ring (bicyclic) bond motifs is 2. The minimum atomic E-state index is 0.524.